The summed E-state index contributed by atoms with van der Waals surface area (Å²) in [7, 11) is 0. The summed E-state index contributed by atoms with van der Waals surface area (Å²) in [5.74, 6) is 0. The summed E-state index contributed by atoms with van der Waals surface area (Å²) >= 11 is 0. The van der Waals surface area contributed by atoms with E-state index in [2.05, 4.69) is 49.6 Å². The van der Waals surface area contributed by atoms with Crippen LogP contribution in [0.5, 0.6) is 0 Å². The molecular weight excluding hydrogens is 196 g/mol. The van der Waals surface area contributed by atoms with Gasteiger partial charge in [0.25, 0.3) is 0 Å². The van der Waals surface area contributed by atoms with E-state index < -0.39 is 0 Å². The number of nitrogens with two attached hydrogens (primary N) is 1. The number of aromatic nitrogens is 1. The highest BCUT2D eigenvalue weighted by Crippen LogP contribution is 2.28. The largest absolute Gasteiger partial charge is 0.342 e. The third kappa shape index (κ3) is 1.63. The monoisotopic (exact) mass is 216 g/mol. The van der Waals surface area contributed by atoms with Gasteiger partial charge in [-0.15, -0.1) is 0 Å². The Hall–Kier alpha value is -1.28. The van der Waals surface area contributed by atoms with Crippen molar-refractivity contribution >= 4 is 10.9 Å². The first kappa shape index (κ1) is 11.2. The van der Waals surface area contributed by atoms with E-state index in [-0.39, 0.29) is 0 Å². The molecule has 16 heavy (non-hydrogen) atoms. The second-order valence-corrected chi connectivity index (χ2v) is 4.58. The zero-order valence-electron chi connectivity index (χ0n) is 10.3. The molecule has 2 N–H and O–H groups in total. The number of hydrogen-bond acceptors (Lipinski definition) is 1. The molecule has 2 heteroatoms. The molecule has 0 aliphatic carbocycles. The van der Waals surface area contributed by atoms with E-state index in [4.69, 9.17) is 5.73 Å². The van der Waals surface area contributed by atoms with Crippen LogP contribution in [0.4, 0.5) is 0 Å². The minimum Gasteiger partial charge on any atom is -0.342 e. The zero-order chi connectivity index (χ0) is 11.7. The lowest BCUT2D eigenvalue weighted by molar-refractivity contribution is 0.605. The highest BCUT2D eigenvalue weighted by molar-refractivity contribution is 5.85. The van der Waals surface area contributed by atoms with Gasteiger partial charge < -0.3 is 10.3 Å². The molecule has 2 nitrogen and oxygen atoms in total. The van der Waals surface area contributed by atoms with Gasteiger partial charge in [-0.1, -0.05) is 18.2 Å². The smallest absolute Gasteiger partial charge is 0.0487 e. The molecule has 0 fully saturated rings. The standard InChI is InChI=1S/C14H20N2/c1-10(2)16-11(3)12(8-9-15)13-6-4-5-7-14(13)16/h4-7,10H,8-9,15H2,1-3H3. The van der Waals surface area contributed by atoms with Crippen LogP contribution in [-0.4, -0.2) is 11.1 Å². The molecule has 0 aliphatic rings. The third-order valence-electron chi connectivity index (χ3n) is 3.20. The fourth-order valence-corrected chi connectivity index (χ4v) is 2.59. The summed E-state index contributed by atoms with van der Waals surface area (Å²) in [4.78, 5) is 0. The Kier molecular flexibility index (Phi) is 3.01. The second-order valence-electron chi connectivity index (χ2n) is 4.58. The Balaban J connectivity index is 2.75. The van der Waals surface area contributed by atoms with Gasteiger partial charge in [-0.2, -0.15) is 0 Å². The Morgan fingerprint density at radius 2 is 1.94 bits per heavy atom. The highest BCUT2D eigenvalue weighted by Gasteiger charge is 2.14. The number of rotatable bonds is 3. The lowest BCUT2D eigenvalue weighted by Crippen LogP contribution is -2.06. The molecule has 0 radical (unpaired) electrons. The van der Waals surface area contributed by atoms with Crippen molar-refractivity contribution < 1.29 is 0 Å². The van der Waals surface area contributed by atoms with E-state index in [1.807, 2.05) is 0 Å². The quantitative estimate of drug-likeness (QED) is 0.840. The molecule has 86 valence electrons. The number of benzene rings is 1. The lowest BCUT2D eigenvalue weighted by atomic mass is 10.1. The molecule has 0 unspecified atom stereocenters. The van der Waals surface area contributed by atoms with Crippen LogP contribution in [0.2, 0.25) is 0 Å². The van der Waals surface area contributed by atoms with Crippen molar-refractivity contribution in [1.82, 2.24) is 4.57 Å². The van der Waals surface area contributed by atoms with Gasteiger partial charge in [-0.05, 0) is 45.4 Å². The van der Waals surface area contributed by atoms with Crippen LogP contribution in [0.1, 0.15) is 31.1 Å². The van der Waals surface area contributed by atoms with Crippen molar-refractivity contribution in [3.63, 3.8) is 0 Å². The lowest BCUT2D eigenvalue weighted by Gasteiger charge is -2.12. The summed E-state index contributed by atoms with van der Waals surface area (Å²) in [6.45, 7) is 7.37. The van der Waals surface area contributed by atoms with Crippen LogP contribution < -0.4 is 5.73 Å². The van der Waals surface area contributed by atoms with Gasteiger partial charge in [-0.25, -0.2) is 0 Å². The maximum atomic E-state index is 5.70. The Labute approximate surface area is 97.1 Å². The topological polar surface area (TPSA) is 30.9 Å². The van der Waals surface area contributed by atoms with Crippen LogP contribution in [0, 0.1) is 6.92 Å². The zero-order valence-corrected chi connectivity index (χ0v) is 10.3. The van der Waals surface area contributed by atoms with Crippen LogP contribution >= 0.6 is 0 Å². The van der Waals surface area contributed by atoms with Crippen molar-refractivity contribution in [2.45, 2.75) is 33.2 Å². The molecule has 0 spiro atoms. The van der Waals surface area contributed by atoms with Crippen LogP contribution in [-0.2, 0) is 6.42 Å². The molecule has 2 aromatic rings. The maximum Gasteiger partial charge on any atom is 0.0487 e. The fourth-order valence-electron chi connectivity index (χ4n) is 2.59. The summed E-state index contributed by atoms with van der Waals surface area (Å²) in [5, 5.41) is 1.36. The minimum atomic E-state index is 0.497. The molecule has 1 aromatic carbocycles. The van der Waals surface area contributed by atoms with Crippen molar-refractivity contribution in [2.75, 3.05) is 6.54 Å². The van der Waals surface area contributed by atoms with Gasteiger partial charge in [0.15, 0.2) is 0 Å². The fraction of sp³-hybridized carbons (Fsp3) is 0.429. The molecule has 2 rings (SSSR count). The average molecular weight is 216 g/mol. The Morgan fingerprint density at radius 3 is 2.56 bits per heavy atom. The van der Waals surface area contributed by atoms with E-state index in [0.29, 0.717) is 12.6 Å². The number of fused-ring (bicyclic) bond motifs is 1. The molecule has 0 bridgehead atoms. The summed E-state index contributed by atoms with van der Waals surface area (Å²) in [6.07, 6.45) is 0.964. The number of para-hydroxylation sites is 1. The SMILES string of the molecule is Cc1c(CCN)c2ccccc2n1C(C)C. The second kappa shape index (κ2) is 4.30. The van der Waals surface area contributed by atoms with Gasteiger partial charge in [0.05, 0.1) is 0 Å². The van der Waals surface area contributed by atoms with Crippen molar-refractivity contribution in [2.24, 2.45) is 5.73 Å². The van der Waals surface area contributed by atoms with Crippen molar-refractivity contribution in [3.8, 4) is 0 Å². The van der Waals surface area contributed by atoms with Gasteiger partial charge >= 0.3 is 0 Å². The first-order chi connectivity index (χ1) is 7.66. The van der Waals surface area contributed by atoms with Crippen molar-refractivity contribution in [1.29, 1.82) is 0 Å². The molecule has 0 saturated heterocycles. The predicted molar refractivity (Wildman–Crippen MR) is 69.8 cm³/mol. The molecule has 0 amide bonds. The Bertz CT molecular complexity index is 495. The normalized spacial score (nSPS) is 11.6. The first-order valence-electron chi connectivity index (χ1n) is 5.95. The van der Waals surface area contributed by atoms with Crippen molar-refractivity contribution in [3.05, 3.63) is 35.5 Å². The van der Waals surface area contributed by atoms with E-state index in [1.54, 1.807) is 0 Å². The van der Waals surface area contributed by atoms with Crippen LogP contribution in [0.3, 0.4) is 0 Å². The van der Waals surface area contributed by atoms with E-state index in [0.717, 1.165) is 6.42 Å². The predicted octanol–water partition coefficient (Wildman–Crippen LogP) is 3.03. The summed E-state index contributed by atoms with van der Waals surface area (Å²) in [5.41, 5.74) is 9.80. The summed E-state index contributed by atoms with van der Waals surface area (Å²) < 4.78 is 2.40. The van der Waals surface area contributed by atoms with Crippen LogP contribution in [0.25, 0.3) is 10.9 Å². The first-order valence-corrected chi connectivity index (χ1v) is 5.95. The van der Waals surface area contributed by atoms with E-state index in [9.17, 15) is 0 Å². The molecule has 1 heterocycles. The maximum absolute atomic E-state index is 5.70. The molecule has 1 aromatic heterocycles. The molecule has 0 saturated carbocycles. The van der Waals surface area contributed by atoms with E-state index >= 15 is 0 Å². The molecular formula is C14H20N2. The third-order valence-corrected chi connectivity index (χ3v) is 3.20. The molecule has 0 aliphatic heterocycles. The van der Waals surface area contributed by atoms with Gasteiger partial charge in [-0.3, -0.25) is 0 Å². The van der Waals surface area contributed by atoms with Crippen LogP contribution in [0.15, 0.2) is 24.3 Å². The molecule has 0 atom stereocenters. The minimum absolute atomic E-state index is 0.497. The van der Waals surface area contributed by atoms with Gasteiger partial charge in [0.1, 0.15) is 0 Å². The number of hydrogen-bond donors (Lipinski definition) is 1. The highest BCUT2D eigenvalue weighted by atomic mass is 15.0. The summed E-state index contributed by atoms with van der Waals surface area (Å²) in [6, 6.07) is 9.10. The average Bonchev–Trinajstić information content (AvgIpc) is 2.53. The van der Waals surface area contributed by atoms with Gasteiger partial charge in [0.2, 0.25) is 0 Å². The Morgan fingerprint density at radius 1 is 1.25 bits per heavy atom. The van der Waals surface area contributed by atoms with Gasteiger partial charge in [0, 0.05) is 22.6 Å². The van der Waals surface area contributed by atoms with E-state index in [1.165, 1.54) is 22.2 Å². The number of nitrogens with zero attached hydrogens (tertiary/aromatic N) is 1.